The Kier molecular flexibility index (Phi) is 8.36. The van der Waals surface area contributed by atoms with Gasteiger partial charge in [-0.2, -0.15) is 0 Å². The molecule has 0 bridgehead atoms. The molecule has 1 aromatic heterocycles. The molecular weight excluding hydrogens is 648 g/mol. The van der Waals surface area contributed by atoms with Gasteiger partial charge in [-0.15, -0.1) is 0 Å². The molecule has 1 N–H and O–H groups in total. The van der Waals surface area contributed by atoms with E-state index in [1.807, 2.05) is 11.0 Å². The fourth-order valence-corrected chi connectivity index (χ4v) is 8.36. The third-order valence-electron chi connectivity index (χ3n) is 8.64. The Morgan fingerprint density at radius 2 is 1.66 bits per heavy atom. The zero-order valence-corrected chi connectivity index (χ0v) is 27.2. The third kappa shape index (κ3) is 5.06. The number of sulfonamides is 1. The van der Waals surface area contributed by atoms with Gasteiger partial charge in [-0.25, -0.2) is 22.5 Å². The highest BCUT2D eigenvalue weighted by Crippen LogP contribution is 2.55. The molecule has 6 rings (SSSR count). The highest BCUT2D eigenvalue weighted by Gasteiger charge is 2.64. The van der Waals surface area contributed by atoms with Crippen molar-refractivity contribution in [3.63, 3.8) is 0 Å². The van der Waals surface area contributed by atoms with E-state index in [1.54, 1.807) is 42.6 Å². The summed E-state index contributed by atoms with van der Waals surface area (Å²) in [6.07, 6.45) is 0.343. The number of carbonyl (C=O) groups is 2. The highest BCUT2D eigenvalue weighted by molar-refractivity contribution is 7.93. The molecule has 0 saturated carbocycles. The lowest BCUT2D eigenvalue weighted by Gasteiger charge is -2.48. The van der Waals surface area contributed by atoms with Crippen LogP contribution in [0.3, 0.4) is 0 Å². The predicted octanol–water partition coefficient (Wildman–Crippen LogP) is 4.65. The molecule has 2 amide bonds. The molecule has 14 heteroatoms. The first kappa shape index (κ1) is 32.0. The van der Waals surface area contributed by atoms with Crippen molar-refractivity contribution in [1.29, 1.82) is 0 Å². The number of anilines is 2. The van der Waals surface area contributed by atoms with Crippen LogP contribution in [-0.2, 0) is 20.2 Å². The van der Waals surface area contributed by atoms with E-state index >= 15 is 4.79 Å². The van der Waals surface area contributed by atoms with Crippen molar-refractivity contribution in [3.8, 4) is 17.2 Å². The summed E-state index contributed by atoms with van der Waals surface area (Å²) < 4.78 is 46.6. The standard InChI is InChI=1S/C33H31ClN4O8S/c1-44-22-12-14-28(27(19-22)46-3)47(42,43)38-25-13-11-21(34)18-24(25)33(31(38)39,23-8-4-5-9-26(23)45-2)29-20-36(16-17-37(29)32(40)41)30-10-6-7-15-35-30/h4-15,18-19,29H,16-17,20H2,1-3H3,(H,40,41). The van der Waals surface area contributed by atoms with Gasteiger partial charge in [-0.1, -0.05) is 35.9 Å². The van der Waals surface area contributed by atoms with Crippen LogP contribution in [0.25, 0.3) is 0 Å². The summed E-state index contributed by atoms with van der Waals surface area (Å²) in [5.41, 5.74) is -1.46. The van der Waals surface area contributed by atoms with Crippen molar-refractivity contribution in [2.45, 2.75) is 16.4 Å². The van der Waals surface area contributed by atoms with E-state index in [9.17, 15) is 18.3 Å². The second-order valence-electron chi connectivity index (χ2n) is 10.9. The minimum absolute atomic E-state index is 0.00426. The van der Waals surface area contributed by atoms with Crippen LogP contribution in [0, 0.1) is 0 Å². The molecule has 0 aliphatic carbocycles. The van der Waals surface area contributed by atoms with Crippen LogP contribution in [0.5, 0.6) is 17.2 Å². The van der Waals surface area contributed by atoms with Crippen LogP contribution in [0.15, 0.2) is 90.0 Å². The lowest BCUT2D eigenvalue weighted by atomic mass is 9.68. The number of carboxylic acid groups (broad SMARTS) is 1. The van der Waals surface area contributed by atoms with Crippen molar-refractivity contribution in [2.75, 3.05) is 50.2 Å². The van der Waals surface area contributed by atoms with E-state index in [4.69, 9.17) is 25.8 Å². The molecular formula is C33H31ClN4O8S. The number of nitrogens with zero attached hydrogens (tertiary/aromatic N) is 4. The Labute approximate surface area is 276 Å². The number of methoxy groups -OCH3 is 3. The van der Waals surface area contributed by atoms with Crippen LogP contribution in [-0.4, -0.2) is 82.4 Å². The van der Waals surface area contributed by atoms with E-state index in [0.717, 1.165) is 4.31 Å². The van der Waals surface area contributed by atoms with Crippen molar-refractivity contribution in [3.05, 3.63) is 101 Å². The number of ether oxygens (including phenoxy) is 3. The van der Waals surface area contributed by atoms with E-state index in [0.29, 0.717) is 11.6 Å². The minimum atomic E-state index is -4.70. The van der Waals surface area contributed by atoms with Gasteiger partial charge < -0.3 is 29.1 Å². The second kappa shape index (κ2) is 12.3. The van der Waals surface area contributed by atoms with Gasteiger partial charge in [0.15, 0.2) is 0 Å². The summed E-state index contributed by atoms with van der Waals surface area (Å²) in [6, 6.07) is 19.5. The fourth-order valence-electron chi connectivity index (χ4n) is 6.57. The lowest BCUT2D eigenvalue weighted by molar-refractivity contribution is -0.122. The minimum Gasteiger partial charge on any atom is -0.497 e. The zero-order valence-electron chi connectivity index (χ0n) is 25.7. The van der Waals surface area contributed by atoms with Crippen molar-refractivity contribution in [1.82, 2.24) is 9.88 Å². The molecule has 4 aromatic rings. The molecule has 0 spiro atoms. The Hall–Kier alpha value is -5.01. The van der Waals surface area contributed by atoms with Gasteiger partial charge in [0, 0.05) is 48.0 Å². The van der Waals surface area contributed by atoms with Gasteiger partial charge in [-0.3, -0.25) is 4.79 Å². The van der Waals surface area contributed by atoms with E-state index < -0.39 is 33.5 Å². The Morgan fingerprint density at radius 1 is 0.915 bits per heavy atom. The number of hydrogen-bond donors (Lipinski definition) is 1. The lowest BCUT2D eigenvalue weighted by Crippen LogP contribution is -2.66. The van der Waals surface area contributed by atoms with Gasteiger partial charge in [0.2, 0.25) is 0 Å². The summed E-state index contributed by atoms with van der Waals surface area (Å²) in [5.74, 6) is 0.221. The average molecular weight is 679 g/mol. The summed E-state index contributed by atoms with van der Waals surface area (Å²) in [5, 5.41) is 10.8. The molecule has 2 atom stereocenters. The number of amides is 2. The van der Waals surface area contributed by atoms with Crippen LogP contribution in [0.1, 0.15) is 11.1 Å². The molecule has 244 valence electrons. The molecule has 47 heavy (non-hydrogen) atoms. The highest BCUT2D eigenvalue weighted by atomic mass is 35.5. The normalized spacial score (nSPS) is 19.4. The number of fused-ring (bicyclic) bond motifs is 1. The largest absolute Gasteiger partial charge is 0.497 e. The van der Waals surface area contributed by atoms with Gasteiger partial charge in [0.25, 0.3) is 15.9 Å². The van der Waals surface area contributed by atoms with Gasteiger partial charge in [-0.05, 0) is 48.5 Å². The van der Waals surface area contributed by atoms with Crippen LogP contribution >= 0.6 is 11.6 Å². The zero-order chi connectivity index (χ0) is 33.5. The molecule has 3 heterocycles. The topological polar surface area (TPSA) is 139 Å². The number of benzene rings is 3. The number of aromatic nitrogens is 1. The maximum atomic E-state index is 15.4. The number of pyridine rings is 1. The number of halogens is 1. The Bertz CT molecular complexity index is 1960. The summed E-state index contributed by atoms with van der Waals surface area (Å²) in [6.45, 7) is 0.262. The third-order valence-corrected chi connectivity index (χ3v) is 10.6. The van der Waals surface area contributed by atoms with E-state index in [1.165, 1.54) is 62.6 Å². The number of hydrogen-bond acceptors (Lipinski definition) is 9. The molecule has 2 unspecified atom stereocenters. The first-order chi connectivity index (χ1) is 22.6. The number of para-hydroxylation sites is 1. The van der Waals surface area contributed by atoms with Crippen molar-refractivity contribution in [2.24, 2.45) is 0 Å². The molecule has 1 saturated heterocycles. The predicted molar refractivity (Wildman–Crippen MR) is 174 cm³/mol. The number of carbonyl (C=O) groups excluding carboxylic acids is 1. The van der Waals surface area contributed by atoms with Crippen molar-refractivity contribution < 1.29 is 37.3 Å². The summed E-state index contributed by atoms with van der Waals surface area (Å²) in [4.78, 5) is 35.7. The molecule has 3 aromatic carbocycles. The molecule has 2 aliphatic heterocycles. The Balaban J connectivity index is 1.67. The van der Waals surface area contributed by atoms with Gasteiger partial charge in [0.05, 0.1) is 33.1 Å². The maximum Gasteiger partial charge on any atom is 0.407 e. The molecule has 2 aliphatic rings. The first-order valence-electron chi connectivity index (χ1n) is 14.5. The summed E-state index contributed by atoms with van der Waals surface area (Å²) >= 11 is 6.59. The first-order valence-corrected chi connectivity index (χ1v) is 16.3. The maximum absolute atomic E-state index is 15.4. The van der Waals surface area contributed by atoms with Gasteiger partial charge >= 0.3 is 6.09 Å². The van der Waals surface area contributed by atoms with Crippen LogP contribution < -0.4 is 23.4 Å². The number of piperazine rings is 1. The SMILES string of the molecule is COc1ccc(S(=O)(=O)N2C(=O)C(c3ccccc3OC)(C3CN(c4ccccn4)CCN3C(=O)O)c3cc(Cl)ccc32)c(OC)c1. The summed E-state index contributed by atoms with van der Waals surface area (Å²) in [7, 11) is -0.524. The quantitative estimate of drug-likeness (QED) is 0.280. The van der Waals surface area contributed by atoms with Crippen LogP contribution in [0.4, 0.5) is 16.3 Å². The van der Waals surface area contributed by atoms with Crippen LogP contribution in [0.2, 0.25) is 5.02 Å². The average Bonchev–Trinajstić information content (AvgIpc) is 3.35. The molecule has 1 fully saturated rings. The van der Waals surface area contributed by atoms with Crippen molar-refractivity contribution >= 4 is 45.1 Å². The number of rotatable bonds is 8. The smallest absolute Gasteiger partial charge is 0.407 e. The monoisotopic (exact) mass is 678 g/mol. The second-order valence-corrected chi connectivity index (χ2v) is 13.1. The Morgan fingerprint density at radius 3 is 2.34 bits per heavy atom. The van der Waals surface area contributed by atoms with Gasteiger partial charge in [0.1, 0.15) is 33.4 Å². The van der Waals surface area contributed by atoms with E-state index in [2.05, 4.69) is 4.98 Å². The fraction of sp³-hybridized carbons (Fsp3) is 0.242. The molecule has 0 radical (unpaired) electrons. The van der Waals surface area contributed by atoms with E-state index in [-0.39, 0.29) is 57.9 Å². The molecule has 12 nitrogen and oxygen atoms in total.